The van der Waals surface area contributed by atoms with Gasteiger partial charge >= 0.3 is 0 Å². The van der Waals surface area contributed by atoms with Crippen molar-refractivity contribution in [2.45, 2.75) is 13.1 Å². The summed E-state index contributed by atoms with van der Waals surface area (Å²) in [7, 11) is 0. The van der Waals surface area contributed by atoms with Gasteiger partial charge in [-0.25, -0.2) is 4.68 Å². The maximum absolute atomic E-state index is 11.7. The van der Waals surface area contributed by atoms with Crippen molar-refractivity contribution in [2.75, 3.05) is 5.32 Å². The van der Waals surface area contributed by atoms with Gasteiger partial charge in [-0.3, -0.25) is 4.79 Å². The predicted octanol–water partition coefficient (Wildman–Crippen LogP) is 1.03. The third-order valence-electron chi connectivity index (χ3n) is 2.21. The summed E-state index contributed by atoms with van der Waals surface area (Å²) >= 11 is 5.82. The van der Waals surface area contributed by atoms with Crippen LogP contribution in [0.25, 0.3) is 0 Å². The van der Waals surface area contributed by atoms with Gasteiger partial charge in [-0.2, -0.15) is 0 Å². The van der Waals surface area contributed by atoms with Gasteiger partial charge < -0.3 is 11.1 Å². The second kappa shape index (κ2) is 5.61. The Morgan fingerprint density at radius 1 is 1.50 bits per heavy atom. The number of rotatable bonds is 4. The Morgan fingerprint density at radius 2 is 2.33 bits per heavy atom. The van der Waals surface area contributed by atoms with Crippen molar-refractivity contribution in [3.63, 3.8) is 0 Å². The lowest BCUT2D eigenvalue weighted by atomic mass is 10.3. The van der Waals surface area contributed by atoms with Crippen LogP contribution in [0.15, 0.2) is 30.5 Å². The van der Waals surface area contributed by atoms with Gasteiger partial charge in [-0.15, -0.1) is 5.10 Å². The van der Waals surface area contributed by atoms with Crippen molar-refractivity contribution in [1.29, 1.82) is 0 Å². The van der Waals surface area contributed by atoms with Crippen LogP contribution < -0.4 is 11.1 Å². The Bertz CT molecular complexity index is 554. The van der Waals surface area contributed by atoms with Gasteiger partial charge in [-0.1, -0.05) is 22.9 Å². The smallest absolute Gasteiger partial charge is 0.246 e. The fourth-order valence-corrected chi connectivity index (χ4v) is 1.61. The van der Waals surface area contributed by atoms with Crippen molar-refractivity contribution >= 4 is 23.2 Å². The minimum atomic E-state index is -0.203. The highest BCUT2D eigenvalue weighted by Gasteiger charge is 2.06. The topological polar surface area (TPSA) is 85.8 Å². The highest BCUT2D eigenvalue weighted by atomic mass is 35.5. The molecule has 1 aromatic carbocycles. The molecule has 1 amide bonds. The molecule has 0 fully saturated rings. The molecule has 0 aliphatic carbocycles. The average molecular weight is 266 g/mol. The number of hydrogen-bond acceptors (Lipinski definition) is 4. The molecule has 1 aromatic heterocycles. The van der Waals surface area contributed by atoms with E-state index in [0.717, 1.165) is 0 Å². The van der Waals surface area contributed by atoms with E-state index in [4.69, 9.17) is 17.3 Å². The molecule has 0 atom stereocenters. The highest BCUT2D eigenvalue weighted by Crippen LogP contribution is 2.14. The van der Waals surface area contributed by atoms with E-state index in [1.807, 2.05) is 0 Å². The standard InChI is InChI=1S/C11H12ClN5O/c12-8-2-1-3-9(4-8)14-11(18)7-17-6-10(5-13)15-16-17/h1-4,6H,5,7,13H2,(H,14,18). The number of nitrogens with zero attached hydrogens (tertiary/aromatic N) is 3. The number of hydrogen-bond donors (Lipinski definition) is 2. The van der Waals surface area contributed by atoms with Crippen molar-refractivity contribution in [2.24, 2.45) is 5.73 Å². The number of nitrogens with two attached hydrogens (primary N) is 1. The fraction of sp³-hybridized carbons (Fsp3) is 0.182. The van der Waals surface area contributed by atoms with Gasteiger partial charge in [0, 0.05) is 17.3 Å². The van der Waals surface area contributed by atoms with E-state index in [-0.39, 0.29) is 12.5 Å². The zero-order chi connectivity index (χ0) is 13.0. The maximum atomic E-state index is 11.7. The van der Waals surface area contributed by atoms with Gasteiger partial charge in [0.25, 0.3) is 0 Å². The van der Waals surface area contributed by atoms with E-state index in [0.29, 0.717) is 22.9 Å². The third kappa shape index (κ3) is 3.28. The van der Waals surface area contributed by atoms with Crippen LogP contribution in [0.1, 0.15) is 5.69 Å². The molecular formula is C11H12ClN5O. The monoisotopic (exact) mass is 265 g/mol. The molecule has 2 rings (SSSR count). The van der Waals surface area contributed by atoms with Crippen LogP contribution in [-0.4, -0.2) is 20.9 Å². The second-order valence-corrected chi connectivity index (χ2v) is 4.11. The quantitative estimate of drug-likeness (QED) is 0.865. The van der Waals surface area contributed by atoms with E-state index in [2.05, 4.69) is 15.6 Å². The molecule has 0 radical (unpaired) electrons. The van der Waals surface area contributed by atoms with Gasteiger partial charge in [0.15, 0.2) is 0 Å². The number of halogens is 1. The number of aromatic nitrogens is 3. The van der Waals surface area contributed by atoms with Gasteiger partial charge in [0.05, 0.1) is 11.9 Å². The summed E-state index contributed by atoms with van der Waals surface area (Å²) in [5, 5.41) is 10.9. The lowest BCUT2D eigenvalue weighted by Crippen LogP contribution is -2.19. The summed E-state index contributed by atoms with van der Waals surface area (Å²) in [6.07, 6.45) is 1.64. The molecule has 94 valence electrons. The van der Waals surface area contributed by atoms with E-state index >= 15 is 0 Å². The minimum Gasteiger partial charge on any atom is -0.325 e. The summed E-state index contributed by atoms with van der Waals surface area (Å²) in [5.41, 5.74) is 6.69. The Hall–Kier alpha value is -1.92. The summed E-state index contributed by atoms with van der Waals surface area (Å²) in [6, 6.07) is 6.94. The third-order valence-corrected chi connectivity index (χ3v) is 2.44. The second-order valence-electron chi connectivity index (χ2n) is 3.67. The predicted molar refractivity (Wildman–Crippen MR) is 68.0 cm³/mol. The first-order valence-electron chi connectivity index (χ1n) is 5.32. The van der Waals surface area contributed by atoms with Gasteiger partial charge in [-0.05, 0) is 18.2 Å². The number of benzene rings is 1. The largest absolute Gasteiger partial charge is 0.325 e. The van der Waals surface area contributed by atoms with Crippen molar-refractivity contribution in [3.05, 3.63) is 41.2 Å². The van der Waals surface area contributed by atoms with Crippen LogP contribution in [0.4, 0.5) is 5.69 Å². The summed E-state index contributed by atoms with van der Waals surface area (Å²) in [6.45, 7) is 0.384. The first-order valence-corrected chi connectivity index (χ1v) is 5.69. The molecule has 0 saturated heterocycles. The molecule has 2 aromatic rings. The van der Waals surface area contributed by atoms with Crippen LogP contribution in [0.3, 0.4) is 0 Å². The van der Waals surface area contributed by atoms with Crippen LogP contribution in [-0.2, 0) is 17.9 Å². The molecule has 0 spiro atoms. The SMILES string of the molecule is NCc1cn(CC(=O)Nc2cccc(Cl)c2)nn1. The maximum Gasteiger partial charge on any atom is 0.246 e. The van der Waals surface area contributed by atoms with Crippen molar-refractivity contribution in [1.82, 2.24) is 15.0 Å². The molecule has 0 aliphatic heterocycles. The molecule has 3 N–H and O–H groups in total. The molecule has 6 nitrogen and oxygen atoms in total. The van der Waals surface area contributed by atoms with Gasteiger partial charge in [0.1, 0.15) is 6.54 Å². The van der Waals surface area contributed by atoms with Crippen LogP contribution in [0.2, 0.25) is 5.02 Å². The average Bonchev–Trinajstić information content (AvgIpc) is 2.76. The number of carbonyl (C=O) groups excluding carboxylic acids is 1. The molecule has 0 unspecified atom stereocenters. The molecule has 7 heteroatoms. The van der Waals surface area contributed by atoms with E-state index in [9.17, 15) is 4.79 Å². The molecule has 1 heterocycles. The van der Waals surface area contributed by atoms with Crippen LogP contribution >= 0.6 is 11.6 Å². The molecule has 0 bridgehead atoms. The van der Waals surface area contributed by atoms with Crippen molar-refractivity contribution < 1.29 is 4.79 Å². The van der Waals surface area contributed by atoms with E-state index < -0.39 is 0 Å². The lowest BCUT2D eigenvalue weighted by molar-refractivity contribution is -0.116. The molecule has 18 heavy (non-hydrogen) atoms. The number of anilines is 1. The van der Waals surface area contributed by atoms with Crippen LogP contribution in [0, 0.1) is 0 Å². The minimum absolute atomic E-state index is 0.0829. The van der Waals surface area contributed by atoms with E-state index in [1.54, 1.807) is 30.5 Å². The molecule has 0 saturated carbocycles. The first kappa shape index (κ1) is 12.5. The van der Waals surface area contributed by atoms with E-state index in [1.165, 1.54) is 4.68 Å². The zero-order valence-electron chi connectivity index (χ0n) is 9.51. The number of nitrogens with one attached hydrogen (secondary N) is 1. The Kier molecular flexibility index (Phi) is 3.91. The van der Waals surface area contributed by atoms with Gasteiger partial charge in [0.2, 0.25) is 5.91 Å². The molecular weight excluding hydrogens is 254 g/mol. The summed E-state index contributed by atoms with van der Waals surface area (Å²) in [4.78, 5) is 11.7. The Labute approximate surface area is 109 Å². The number of carbonyl (C=O) groups is 1. The highest BCUT2D eigenvalue weighted by molar-refractivity contribution is 6.30. The number of amides is 1. The van der Waals surface area contributed by atoms with Crippen molar-refractivity contribution in [3.8, 4) is 0 Å². The summed E-state index contributed by atoms with van der Waals surface area (Å²) in [5.74, 6) is -0.203. The Balaban J connectivity index is 1.96. The Morgan fingerprint density at radius 3 is 3.00 bits per heavy atom. The van der Waals surface area contributed by atoms with Crippen LogP contribution in [0.5, 0.6) is 0 Å². The fourth-order valence-electron chi connectivity index (χ4n) is 1.42. The lowest BCUT2D eigenvalue weighted by Gasteiger charge is -2.04. The summed E-state index contributed by atoms with van der Waals surface area (Å²) < 4.78 is 1.43. The molecule has 0 aliphatic rings. The first-order chi connectivity index (χ1) is 8.67. The zero-order valence-corrected chi connectivity index (χ0v) is 10.3. The normalized spacial score (nSPS) is 10.3.